The van der Waals surface area contributed by atoms with E-state index in [2.05, 4.69) is 22.1 Å². The zero-order valence-corrected chi connectivity index (χ0v) is 13.0. The number of carbonyl (C=O) groups excluding carboxylic acids is 1. The largest absolute Gasteiger partial charge is 0.452 e. The van der Waals surface area contributed by atoms with Crippen LogP contribution in [0.15, 0.2) is 30.7 Å². The number of amides is 1. The minimum absolute atomic E-state index is 0.314. The lowest BCUT2D eigenvalue weighted by molar-refractivity contribution is 0.179. The molecule has 0 saturated heterocycles. The third-order valence-corrected chi connectivity index (χ3v) is 4.38. The molecule has 1 aromatic heterocycles. The maximum absolute atomic E-state index is 11.9. The molecule has 1 amide bonds. The third kappa shape index (κ3) is 2.71. The van der Waals surface area contributed by atoms with E-state index in [4.69, 9.17) is 4.74 Å². The summed E-state index contributed by atoms with van der Waals surface area (Å²) in [6.45, 7) is 2.54. The first-order valence-electron chi connectivity index (χ1n) is 7.68. The fraction of sp³-hybridized carbons (Fsp3) is 0.412. The first-order chi connectivity index (χ1) is 10.7. The number of hydrogen-bond acceptors (Lipinski definition) is 3. The van der Waals surface area contributed by atoms with E-state index in [0.717, 1.165) is 30.6 Å². The molecule has 1 aromatic carbocycles. The minimum atomic E-state index is -0.314. The van der Waals surface area contributed by atoms with E-state index in [-0.39, 0.29) is 6.09 Å². The summed E-state index contributed by atoms with van der Waals surface area (Å²) in [6, 6.07) is 6.30. The van der Waals surface area contributed by atoms with Crippen LogP contribution in [0.2, 0.25) is 0 Å². The van der Waals surface area contributed by atoms with E-state index in [9.17, 15) is 4.79 Å². The van der Waals surface area contributed by atoms with Gasteiger partial charge < -0.3 is 9.72 Å². The maximum atomic E-state index is 11.9. The van der Waals surface area contributed by atoms with E-state index in [1.54, 1.807) is 11.2 Å². The van der Waals surface area contributed by atoms with Crippen molar-refractivity contribution in [2.75, 3.05) is 18.6 Å². The minimum Gasteiger partial charge on any atom is -0.452 e. The van der Waals surface area contributed by atoms with Gasteiger partial charge in [0.15, 0.2) is 0 Å². The van der Waals surface area contributed by atoms with Crippen molar-refractivity contribution < 1.29 is 9.53 Å². The summed E-state index contributed by atoms with van der Waals surface area (Å²) >= 11 is 0. The van der Waals surface area contributed by atoms with E-state index < -0.39 is 0 Å². The number of imidazole rings is 1. The van der Waals surface area contributed by atoms with Gasteiger partial charge in [-0.1, -0.05) is 6.07 Å². The summed E-state index contributed by atoms with van der Waals surface area (Å²) in [5, 5.41) is 0. The van der Waals surface area contributed by atoms with Gasteiger partial charge in [0.1, 0.15) is 0 Å². The van der Waals surface area contributed by atoms with Crippen molar-refractivity contribution in [3.63, 3.8) is 0 Å². The molecule has 3 rings (SSSR count). The Balaban J connectivity index is 1.87. The second-order valence-corrected chi connectivity index (χ2v) is 5.61. The van der Waals surface area contributed by atoms with Gasteiger partial charge >= 0.3 is 6.09 Å². The van der Waals surface area contributed by atoms with Crippen molar-refractivity contribution in [3.05, 3.63) is 47.5 Å². The number of hydrogen-bond donors (Lipinski definition) is 1. The van der Waals surface area contributed by atoms with Crippen LogP contribution >= 0.6 is 0 Å². The first-order valence-corrected chi connectivity index (χ1v) is 7.68. The van der Waals surface area contributed by atoms with Crippen molar-refractivity contribution >= 4 is 11.8 Å². The monoisotopic (exact) mass is 299 g/mol. The van der Waals surface area contributed by atoms with Gasteiger partial charge in [0.05, 0.1) is 13.4 Å². The molecule has 0 aliphatic heterocycles. The number of benzene rings is 1. The average Bonchev–Trinajstić information content (AvgIpc) is 3.18. The Kier molecular flexibility index (Phi) is 4.13. The van der Waals surface area contributed by atoms with Crippen LogP contribution in [-0.4, -0.2) is 29.7 Å². The highest BCUT2D eigenvalue weighted by Gasteiger charge is 2.25. The predicted octanol–water partition coefficient (Wildman–Crippen LogP) is 3.27. The first kappa shape index (κ1) is 14.6. The van der Waals surface area contributed by atoms with Crippen LogP contribution in [0.25, 0.3) is 0 Å². The second kappa shape index (κ2) is 6.22. The zero-order valence-electron chi connectivity index (χ0n) is 13.0. The van der Waals surface area contributed by atoms with Crippen LogP contribution in [0.1, 0.15) is 36.1 Å². The van der Waals surface area contributed by atoms with Gasteiger partial charge in [0.2, 0.25) is 0 Å². The third-order valence-electron chi connectivity index (χ3n) is 4.38. The fourth-order valence-corrected chi connectivity index (χ4v) is 3.24. The number of anilines is 1. The number of rotatable bonds is 4. The van der Waals surface area contributed by atoms with Gasteiger partial charge in [0.25, 0.3) is 0 Å². The summed E-state index contributed by atoms with van der Waals surface area (Å²) in [5.41, 5.74) is 4.79. The highest BCUT2D eigenvalue weighted by atomic mass is 16.5. The van der Waals surface area contributed by atoms with Gasteiger partial charge in [0, 0.05) is 24.1 Å². The molecule has 0 fully saturated rings. The molecule has 0 saturated carbocycles. The summed E-state index contributed by atoms with van der Waals surface area (Å²) in [6.07, 6.45) is 6.49. The lowest BCUT2D eigenvalue weighted by atomic mass is 9.96. The fourth-order valence-electron chi connectivity index (χ4n) is 3.24. The van der Waals surface area contributed by atoms with Gasteiger partial charge in [-0.15, -0.1) is 0 Å². The number of aromatic nitrogens is 2. The highest BCUT2D eigenvalue weighted by Crippen LogP contribution is 2.37. The molecule has 1 atom stereocenters. The van der Waals surface area contributed by atoms with E-state index >= 15 is 0 Å². The van der Waals surface area contributed by atoms with Crippen LogP contribution in [0.5, 0.6) is 0 Å². The Morgan fingerprint density at radius 1 is 1.50 bits per heavy atom. The molecule has 1 aliphatic rings. The van der Waals surface area contributed by atoms with Crippen molar-refractivity contribution in [3.8, 4) is 0 Å². The quantitative estimate of drug-likeness (QED) is 0.942. The highest BCUT2D eigenvalue weighted by molar-refractivity contribution is 5.87. The molecule has 5 heteroatoms. The van der Waals surface area contributed by atoms with Crippen LogP contribution in [-0.2, 0) is 17.6 Å². The number of nitrogens with zero attached hydrogens (tertiary/aromatic N) is 2. The van der Waals surface area contributed by atoms with Gasteiger partial charge in [-0.05, 0) is 55.4 Å². The van der Waals surface area contributed by atoms with Crippen LogP contribution in [0, 0.1) is 0 Å². The Hall–Kier alpha value is -2.30. The molecular weight excluding hydrogens is 278 g/mol. The molecule has 116 valence electrons. The molecule has 1 aliphatic carbocycles. The standard InChI is InChI=1S/C17H21N3O2/c1-3-20(17(21)22-2)15-7-6-12-4-5-13(16(12)9-15)8-14-10-18-11-19-14/h6-7,9-11,13H,3-5,8H2,1-2H3,(H,18,19). The number of aromatic amines is 1. The van der Waals surface area contributed by atoms with Crippen LogP contribution in [0.3, 0.4) is 0 Å². The molecule has 1 heterocycles. The summed E-state index contributed by atoms with van der Waals surface area (Å²) in [7, 11) is 1.42. The van der Waals surface area contributed by atoms with Gasteiger partial charge in [-0.2, -0.15) is 0 Å². The summed E-state index contributed by atoms with van der Waals surface area (Å²) < 4.78 is 4.86. The molecule has 22 heavy (non-hydrogen) atoms. The topological polar surface area (TPSA) is 58.2 Å². The molecule has 5 nitrogen and oxygen atoms in total. The van der Waals surface area contributed by atoms with E-state index in [1.807, 2.05) is 19.2 Å². The Bertz CT molecular complexity index is 652. The lowest BCUT2D eigenvalue weighted by Gasteiger charge is -2.21. The van der Waals surface area contributed by atoms with Crippen LogP contribution < -0.4 is 4.90 Å². The Morgan fingerprint density at radius 3 is 3.05 bits per heavy atom. The summed E-state index contributed by atoms with van der Waals surface area (Å²) in [4.78, 5) is 20.8. The molecule has 1 N–H and O–H groups in total. The number of methoxy groups -OCH3 is 1. The lowest BCUT2D eigenvalue weighted by Crippen LogP contribution is -2.30. The molecule has 1 unspecified atom stereocenters. The van der Waals surface area contributed by atoms with Crippen molar-refractivity contribution in [1.29, 1.82) is 0 Å². The Morgan fingerprint density at radius 2 is 2.36 bits per heavy atom. The van der Waals surface area contributed by atoms with Crippen molar-refractivity contribution in [2.24, 2.45) is 0 Å². The number of H-pyrrole nitrogens is 1. The van der Waals surface area contributed by atoms with E-state index in [1.165, 1.54) is 18.2 Å². The number of nitrogens with one attached hydrogen (secondary N) is 1. The second-order valence-electron chi connectivity index (χ2n) is 5.61. The normalized spacial score (nSPS) is 16.4. The maximum Gasteiger partial charge on any atom is 0.413 e. The average molecular weight is 299 g/mol. The molecular formula is C17H21N3O2. The van der Waals surface area contributed by atoms with Crippen LogP contribution in [0.4, 0.5) is 10.5 Å². The number of carbonyl (C=O) groups is 1. The van der Waals surface area contributed by atoms with E-state index in [0.29, 0.717) is 12.5 Å². The number of fused-ring (bicyclic) bond motifs is 1. The smallest absolute Gasteiger partial charge is 0.413 e. The predicted molar refractivity (Wildman–Crippen MR) is 85.2 cm³/mol. The molecule has 2 aromatic rings. The SMILES string of the molecule is CCN(C(=O)OC)c1ccc2c(c1)C(Cc1cnc[nH]1)CC2. The number of ether oxygens (including phenoxy) is 1. The molecule has 0 spiro atoms. The number of aryl methyl sites for hydroxylation is 1. The molecule has 0 radical (unpaired) electrons. The summed E-state index contributed by atoms with van der Waals surface area (Å²) in [5.74, 6) is 0.478. The molecule has 0 bridgehead atoms. The zero-order chi connectivity index (χ0) is 15.5. The Labute approximate surface area is 130 Å². The van der Waals surface area contributed by atoms with Crippen molar-refractivity contribution in [2.45, 2.75) is 32.1 Å². The van der Waals surface area contributed by atoms with Crippen molar-refractivity contribution in [1.82, 2.24) is 9.97 Å². The van der Waals surface area contributed by atoms with Gasteiger partial charge in [-0.3, -0.25) is 4.90 Å². The van der Waals surface area contributed by atoms with Gasteiger partial charge in [-0.25, -0.2) is 9.78 Å².